The summed E-state index contributed by atoms with van der Waals surface area (Å²) in [6, 6.07) is 14.7. The second-order valence-corrected chi connectivity index (χ2v) is 8.96. The van der Waals surface area contributed by atoms with Crippen molar-refractivity contribution in [1.82, 2.24) is 15.7 Å². The van der Waals surface area contributed by atoms with Crippen LogP contribution < -0.4 is 15.5 Å². The van der Waals surface area contributed by atoms with Gasteiger partial charge in [0.2, 0.25) is 11.8 Å². The molecule has 0 spiro atoms. The van der Waals surface area contributed by atoms with Crippen molar-refractivity contribution in [1.29, 1.82) is 0 Å². The number of nitrogens with zero attached hydrogens (tertiary/aromatic N) is 1. The van der Waals surface area contributed by atoms with Crippen LogP contribution in [0.5, 0.6) is 5.75 Å². The van der Waals surface area contributed by atoms with Crippen LogP contribution in [0.1, 0.15) is 53.4 Å². The molecule has 0 aliphatic rings. The molecule has 34 heavy (non-hydrogen) atoms. The molecule has 0 atom stereocenters. The molecule has 2 amide bonds. The number of unbranched alkanes of at least 4 members (excludes halogenated alkanes) is 2. The quantitative estimate of drug-likeness (QED) is 0.165. The molecule has 0 fully saturated rings. The van der Waals surface area contributed by atoms with E-state index in [2.05, 4.69) is 37.9 Å². The lowest BCUT2D eigenvalue weighted by Gasteiger charge is -2.30. The zero-order valence-corrected chi connectivity index (χ0v) is 20.8. The number of benzene rings is 2. The molecule has 7 nitrogen and oxygen atoms in total. The minimum absolute atomic E-state index is 0.138. The molecular weight excluding hydrogens is 430 g/mol. The van der Waals surface area contributed by atoms with Crippen LogP contribution in [0.25, 0.3) is 10.8 Å². The Labute approximate surface area is 203 Å². The molecule has 2 aromatic rings. The van der Waals surface area contributed by atoms with Crippen molar-refractivity contribution in [3.8, 4) is 5.75 Å². The average Bonchev–Trinajstić information content (AvgIpc) is 2.82. The lowest BCUT2D eigenvalue weighted by Crippen LogP contribution is -2.43. The second kappa shape index (κ2) is 14.4. The second-order valence-electron chi connectivity index (χ2n) is 8.96. The van der Waals surface area contributed by atoms with Gasteiger partial charge in [-0.3, -0.25) is 19.7 Å². The first kappa shape index (κ1) is 27.3. The van der Waals surface area contributed by atoms with E-state index >= 15 is 0 Å². The average molecular weight is 470 g/mol. The predicted octanol–water partition coefficient (Wildman–Crippen LogP) is 4.45. The Morgan fingerprint density at radius 1 is 1.03 bits per heavy atom. The number of nitrogens with one attached hydrogen (secondary N) is 2. The van der Waals surface area contributed by atoms with Gasteiger partial charge in [-0.1, -0.05) is 42.5 Å². The maximum absolute atomic E-state index is 13.0. The normalized spacial score (nSPS) is 11.9. The summed E-state index contributed by atoms with van der Waals surface area (Å²) >= 11 is 0. The molecule has 3 N–H and O–H groups in total. The monoisotopic (exact) mass is 469 g/mol. The third-order valence-corrected chi connectivity index (χ3v) is 5.78. The molecule has 0 aliphatic carbocycles. The lowest BCUT2D eigenvalue weighted by molar-refractivity contribution is -0.129. The number of hydrogen-bond acceptors (Lipinski definition) is 5. The smallest absolute Gasteiger partial charge is 0.250 e. The van der Waals surface area contributed by atoms with Gasteiger partial charge in [-0.15, -0.1) is 0 Å². The highest BCUT2D eigenvalue weighted by Crippen LogP contribution is 2.25. The number of rotatable bonds is 14. The summed E-state index contributed by atoms with van der Waals surface area (Å²) < 4.78 is 6.08. The number of hydrogen-bond donors (Lipinski definition) is 3. The Balaban J connectivity index is 2.03. The maximum Gasteiger partial charge on any atom is 0.250 e. The third-order valence-electron chi connectivity index (χ3n) is 5.78. The SMILES string of the molecule is CC(C)N(CCNC(=O)C(=CCCCCC(=O)NO)COc1cccc2ccccc12)C(C)C. The van der Waals surface area contributed by atoms with Crippen LogP contribution in [0.4, 0.5) is 0 Å². The fourth-order valence-electron chi connectivity index (χ4n) is 3.98. The summed E-state index contributed by atoms with van der Waals surface area (Å²) in [4.78, 5) is 26.5. The van der Waals surface area contributed by atoms with Crippen LogP contribution in [-0.2, 0) is 9.59 Å². The fourth-order valence-corrected chi connectivity index (χ4v) is 3.98. The molecular formula is C27H39N3O4. The lowest BCUT2D eigenvalue weighted by atomic mass is 10.1. The summed E-state index contributed by atoms with van der Waals surface area (Å²) in [6.07, 6.45) is 4.13. The van der Waals surface area contributed by atoms with Gasteiger partial charge in [0.1, 0.15) is 12.4 Å². The van der Waals surface area contributed by atoms with Crippen molar-refractivity contribution < 1.29 is 19.5 Å². The third kappa shape index (κ3) is 8.80. The van der Waals surface area contributed by atoms with Crippen LogP contribution in [0.3, 0.4) is 0 Å². The van der Waals surface area contributed by atoms with E-state index in [4.69, 9.17) is 9.94 Å². The Morgan fingerprint density at radius 2 is 1.74 bits per heavy atom. The van der Waals surface area contributed by atoms with Crippen LogP contribution in [0.2, 0.25) is 0 Å². The Bertz CT molecular complexity index is 943. The van der Waals surface area contributed by atoms with Crippen molar-refractivity contribution in [2.45, 2.75) is 65.5 Å². The van der Waals surface area contributed by atoms with Crippen LogP contribution >= 0.6 is 0 Å². The largest absolute Gasteiger partial charge is 0.488 e. The highest BCUT2D eigenvalue weighted by atomic mass is 16.5. The predicted molar refractivity (Wildman–Crippen MR) is 136 cm³/mol. The van der Waals surface area contributed by atoms with Crippen molar-refractivity contribution in [3.63, 3.8) is 0 Å². The van der Waals surface area contributed by atoms with Crippen molar-refractivity contribution in [3.05, 3.63) is 54.1 Å². The van der Waals surface area contributed by atoms with Gasteiger partial charge in [0.05, 0.1) is 5.57 Å². The summed E-state index contributed by atoms with van der Waals surface area (Å²) in [6.45, 7) is 10.1. The van der Waals surface area contributed by atoms with Gasteiger partial charge in [-0.2, -0.15) is 0 Å². The van der Waals surface area contributed by atoms with E-state index < -0.39 is 5.91 Å². The highest BCUT2D eigenvalue weighted by molar-refractivity contribution is 5.94. The zero-order valence-electron chi connectivity index (χ0n) is 20.8. The van der Waals surface area contributed by atoms with Crippen LogP contribution in [0, 0.1) is 0 Å². The molecule has 0 bridgehead atoms. The van der Waals surface area contributed by atoms with Crippen molar-refractivity contribution in [2.24, 2.45) is 0 Å². The summed E-state index contributed by atoms with van der Waals surface area (Å²) in [5.41, 5.74) is 2.21. The Morgan fingerprint density at radius 3 is 2.44 bits per heavy atom. The molecule has 0 saturated carbocycles. The number of carbonyl (C=O) groups excluding carboxylic acids is 2. The molecule has 186 valence electrons. The number of allylic oxidation sites excluding steroid dienone is 1. The van der Waals surface area contributed by atoms with E-state index in [-0.39, 0.29) is 18.9 Å². The van der Waals surface area contributed by atoms with Gasteiger partial charge < -0.3 is 10.1 Å². The van der Waals surface area contributed by atoms with E-state index in [0.29, 0.717) is 37.0 Å². The minimum Gasteiger partial charge on any atom is -0.488 e. The first-order valence-corrected chi connectivity index (χ1v) is 12.1. The van der Waals surface area contributed by atoms with Gasteiger partial charge in [-0.05, 0) is 58.4 Å². The molecule has 0 radical (unpaired) electrons. The molecule has 0 heterocycles. The number of amides is 2. The number of ether oxygens (including phenoxy) is 1. The number of hydroxylamine groups is 1. The summed E-state index contributed by atoms with van der Waals surface area (Å²) in [5.74, 6) is 0.198. The van der Waals surface area contributed by atoms with Crippen molar-refractivity contribution >= 4 is 22.6 Å². The zero-order chi connectivity index (χ0) is 24.9. The summed E-state index contributed by atoms with van der Waals surface area (Å²) in [5, 5.41) is 13.7. The number of carbonyl (C=O) groups is 2. The van der Waals surface area contributed by atoms with Gasteiger partial charge in [0, 0.05) is 37.0 Å². The van der Waals surface area contributed by atoms with E-state index in [1.807, 2.05) is 48.5 Å². The molecule has 0 aliphatic heterocycles. The Hall–Kier alpha value is -2.90. The molecule has 2 aromatic carbocycles. The van der Waals surface area contributed by atoms with E-state index in [1.54, 1.807) is 5.48 Å². The van der Waals surface area contributed by atoms with Crippen LogP contribution in [0.15, 0.2) is 54.1 Å². The van der Waals surface area contributed by atoms with Gasteiger partial charge in [0.15, 0.2) is 0 Å². The van der Waals surface area contributed by atoms with E-state index in [0.717, 1.165) is 29.5 Å². The first-order chi connectivity index (χ1) is 16.3. The van der Waals surface area contributed by atoms with Crippen molar-refractivity contribution in [2.75, 3.05) is 19.7 Å². The highest BCUT2D eigenvalue weighted by Gasteiger charge is 2.15. The maximum atomic E-state index is 13.0. The molecule has 2 rings (SSSR count). The van der Waals surface area contributed by atoms with Gasteiger partial charge >= 0.3 is 0 Å². The topological polar surface area (TPSA) is 90.9 Å². The number of fused-ring (bicyclic) bond motifs is 1. The Kier molecular flexibility index (Phi) is 11.6. The first-order valence-electron chi connectivity index (χ1n) is 12.1. The van der Waals surface area contributed by atoms with Crippen LogP contribution in [-0.4, -0.2) is 53.7 Å². The molecule has 0 saturated heterocycles. The molecule has 0 unspecified atom stereocenters. The molecule has 0 aromatic heterocycles. The molecule has 7 heteroatoms. The standard InChI is InChI=1S/C27H39N3O4/c1-20(2)30(21(3)4)18-17-28-27(32)23(12-6-5-7-16-26(31)29-33)19-34-25-15-10-13-22-11-8-9-14-24(22)25/h8-15,20-21,33H,5-7,16-19H2,1-4H3,(H,28,32)(H,29,31). The van der Waals surface area contributed by atoms with E-state index in [9.17, 15) is 9.59 Å². The van der Waals surface area contributed by atoms with Gasteiger partial charge in [-0.25, -0.2) is 5.48 Å². The van der Waals surface area contributed by atoms with Gasteiger partial charge in [0.25, 0.3) is 0 Å². The summed E-state index contributed by atoms with van der Waals surface area (Å²) in [7, 11) is 0. The minimum atomic E-state index is -0.402. The van der Waals surface area contributed by atoms with E-state index in [1.165, 1.54) is 0 Å². The fraction of sp³-hybridized carbons (Fsp3) is 0.481.